The van der Waals surface area contributed by atoms with Gasteiger partial charge in [-0.25, -0.2) is 22.9 Å². The van der Waals surface area contributed by atoms with Gasteiger partial charge in [-0.2, -0.15) is 0 Å². The van der Waals surface area contributed by atoms with Crippen LogP contribution in [0.5, 0.6) is 0 Å². The number of urea groups is 1. The van der Waals surface area contributed by atoms with E-state index in [2.05, 4.69) is 25.3 Å². The first-order valence-corrected chi connectivity index (χ1v) is 12.2. The number of aromatic nitrogens is 2. The SMILES string of the molecule is Cc1cnc(C(=O)NCCc2ccc(S(=O)(=O)NC(=O)NC3CCCCC3)cc2)c(C)n1. The monoisotopic (exact) mass is 459 g/mol. The van der Waals surface area contributed by atoms with Gasteiger partial charge in [0, 0.05) is 18.8 Å². The summed E-state index contributed by atoms with van der Waals surface area (Å²) in [5.74, 6) is -0.303. The number of sulfonamides is 1. The third-order valence-corrected chi connectivity index (χ3v) is 6.73. The van der Waals surface area contributed by atoms with Gasteiger partial charge in [0.1, 0.15) is 5.69 Å². The molecular weight excluding hydrogens is 430 g/mol. The lowest BCUT2D eigenvalue weighted by Gasteiger charge is -2.22. The Morgan fingerprint density at radius 2 is 1.75 bits per heavy atom. The first-order chi connectivity index (χ1) is 15.2. The fourth-order valence-electron chi connectivity index (χ4n) is 3.70. The van der Waals surface area contributed by atoms with E-state index in [1.165, 1.54) is 12.1 Å². The van der Waals surface area contributed by atoms with Crippen molar-refractivity contribution in [2.45, 2.75) is 63.3 Å². The van der Waals surface area contributed by atoms with E-state index in [0.717, 1.165) is 43.4 Å². The van der Waals surface area contributed by atoms with Crippen LogP contribution in [0.2, 0.25) is 0 Å². The summed E-state index contributed by atoms with van der Waals surface area (Å²) >= 11 is 0. The van der Waals surface area contributed by atoms with Gasteiger partial charge < -0.3 is 10.6 Å². The summed E-state index contributed by atoms with van der Waals surface area (Å²) in [6.07, 6.45) is 7.02. The molecule has 1 aromatic heterocycles. The van der Waals surface area contributed by atoms with E-state index in [-0.39, 0.29) is 22.5 Å². The maximum Gasteiger partial charge on any atom is 0.328 e. The lowest BCUT2D eigenvalue weighted by atomic mass is 9.96. The number of carbonyl (C=O) groups excluding carboxylic acids is 2. The van der Waals surface area contributed by atoms with Gasteiger partial charge in [0.2, 0.25) is 0 Å². The summed E-state index contributed by atoms with van der Waals surface area (Å²) in [7, 11) is -3.95. The van der Waals surface area contributed by atoms with E-state index < -0.39 is 16.1 Å². The Bertz CT molecular complexity index is 1060. The molecule has 3 rings (SSSR count). The van der Waals surface area contributed by atoms with Crippen LogP contribution < -0.4 is 15.4 Å². The predicted molar refractivity (Wildman–Crippen MR) is 120 cm³/mol. The van der Waals surface area contributed by atoms with Gasteiger partial charge in [0.15, 0.2) is 0 Å². The molecule has 0 saturated heterocycles. The molecule has 1 fully saturated rings. The standard InChI is InChI=1S/C22H29N5O4S/c1-15-14-24-20(16(2)25-15)21(28)23-13-12-17-8-10-19(11-9-17)32(30,31)27-22(29)26-18-6-4-3-5-7-18/h8-11,14,18H,3-7,12-13H2,1-2H3,(H,23,28)(H2,26,27,29). The molecule has 172 valence electrons. The van der Waals surface area contributed by atoms with E-state index in [9.17, 15) is 18.0 Å². The summed E-state index contributed by atoms with van der Waals surface area (Å²) in [5, 5.41) is 5.53. The van der Waals surface area contributed by atoms with Crippen molar-refractivity contribution < 1.29 is 18.0 Å². The zero-order valence-electron chi connectivity index (χ0n) is 18.3. The molecular formula is C22H29N5O4S. The Hall–Kier alpha value is -3.01. The highest BCUT2D eigenvalue weighted by Crippen LogP contribution is 2.17. The van der Waals surface area contributed by atoms with E-state index in [4.69, 9.17) is 0 Å². The van der Waals surface area contributed by atoms with Gasteiger partial charge in [-0.3, -0.25) is 9.78 Å². The maximum absolute atomic E-state index is 12.5. The third-order valence-electron chi connectivity index (χ3n) is 5.38. The number of nitrogens with one attached hydrogen (secondary N) is 3. The van der Waals surface area contributed by atoms with E-state index in [1.54, 1.807) is 25.3 Å². The molecule has 0 aliphatic heterocycles. The number of nitrogens with zero attached hydrogens (tertiary/aromatic N) is 2. The topological polar surface area (TPSA) is 130 Å². The first kappa shape index (κ1) is 23.6. The average molecular weight is 460 g/mol. The number of hydrogen-bond donors (Lipinski definition) is 3. The maximum atomic E-state index is 12.5. The van der Waals surface area contributed by atoms with E-state index in [0.29, 0.717) is 18.7 Å². The number of benzene rings is 1. The highest BCUT2D eigenvalue weighted by Gasteiger charge is 2.21. The van der Waals surface area contributed by atoms with Gasteiger partial charge in [0.05, 0.1) is 16.3 Å². The second kappa shape index (κ2) is 10.5. The van der Waals surface area contributed by atoms with Crippen molar-refractivity contribution in [1.29, 1.82) is 0 Å². The van der Waals surface area contributed by atoms with Crippen molar-refractivity contribution >= 4 is 22.0 Å². The minimum Gasteiger partial charge on any atom is -0.350 e. The summed E-state index contributed by atoms with van der Waals surface area (Å²) in [6, 6.07) is 5.55. The second-order valence-electron chi connectivity index (χ2n) is 8.01. The van der Waals surface area contributed by atoms with Gasteiger partial charge in [0.25, 0.3) is 15.9 Å². The molecule has 9 nitrogen and oxygen atoms in total. The minimum atomic E-state index is -3.95. The van der Waals surface area contributed by atoms with Crippen molar-refractivity contribution in [3.8, 4) is 0 Å². The molecule has 1 saturated carbocycles. The van der Waals surface area contributed by atoms with E-state index in [1.807, 2.05) is 6.92 Å². The van der Waals surface area contributed by atoms with Crippen LogP contribution in [-0.2, 0) is 16.4 Å². The molecule has 3 amide bonds. The lowest BCUT2D eigenvalue weighted by Crippen LogP contribution is -2.45. The molecule has 0 bridgehead atoms. The van der Waals surface area contributed by atoms with E-state index >= 15 is 0 Å². The Kier molecular flexibility index (Phi) is 7.79. The van der Waals surface area contributed by atoms with Crippen LogP contribution in [0.25, 0.3) is 0 Å². The molecule has 1 aromatic carbocycles. The minimum absolute atomic E-state index is 0.00892. The van der Waals surface area contributed by atoms with Crippen LogP contribution in [0, 0.1) is 13.8 Å². The fraction of sp³-hybridized carbons (Fsp3) is 0.455. The summed E-state index contributed by atoms with van der Waals surface area (Å²) in [5.41, 5.74) is 2.45. The van der Waals surface area contributed by atoms with Gasteiger partial charge in [-0.1, -0.05) is 31.4 Å². The van der Waals surface area contributed by atoms with Crippen LogP contribution >= 0.6 is 0 Å². The number of rotatable bonds is 7. The highest BCUT2D eigenvalue weighted by molar-refractivity contribution is 7.90. The van der Waals surface area contributed by atoms with Crippen LogP contribution in [-0.4, -0.2) is 42.9 Å². The van der Waals surface area contributed by atoms with Crippen molar-refractivity contribution in [1.82, 2.24) is 25.3 Å². The first-order valence-electron chi connectivity index (χ1n) is 10.8. The van der Waals surface area contributed by atoms with Crippen molar-refractivity contribution in [3.05, 3.63) is 53.1 Å². The van der Waals surface area contributed by atoms with Crippen LogP contribution in [0.4, 0.5) is 4.79 Å². The van der Waals surface area contributed by atoms with Crippen molar-refractivity contribution in [2.24, 2.45) is 0 Å². The molecule has 1 heterocycles. The van der Waals surface area contributed by atoms with Gasteiger partial charge >= 0.3 is 6.03 Å². The van der Waals surface area contributed by atoms with Crippen molar-refractivity contribution in [2.75, 3.05) is 6.54 Å². The zero-order chi connectivity index (χ0) is 23.1. The Labute approximate surface area is 188 Å². The zero-order valence-corrected chi connectivity index (χ0v) is 19.2. The van der Waals surface area contributed by atoms with Crippen LogP contribution in [0.15, 0.2) is 35.4 Å². The molecule has 1 aliphatic carbocycles. The van der Waals surface area contributed by atoms with Crippen LogP contribution in [0.1, 0.15) is 59.5 Å². The molecule has 10 heteroatoms. The quantitative estimate of drug-likeness (QED) is 0.583. The molecule has 0 atom stereocenters. The molecule has 3 N–H and O–H groups in total. The number of amides is 3. The smallest absolute Gasteiger partial charge is 0.328 e. The lowest BCUT2D eigenvalue weighted by molar-refractivity contribution is 0.0948. The Morgan fingerprint density at radius 1 is 1.06 bits per heavy atom. The second-order valence-corrected chi connectivity index (χ2v) is 9.69. The van der Waals surface area contributed by atoms with Crippen molar-refractivity contribution in [3.63, 3.8) is 0 Å². The normalized spacial score (nSPS) is 14.6. The predicted octanol–water partition coefficient (Wildman–Crippen LogP) is 2.39. The number of aryl methyl sites for hydroxylation is 2. The fourth-order valence-corrected chi connectivity index (χ4v) is 4.62. The highest BCUT2D eigenvalue weighted by atomic mass is 32.2. The summed E-state index contributed by atoms with van der Waals surface area (Å²) in [6.45, 7) is 3.91. The molecule has 0 unspecified atom stereocenters. The average Bonchev–Trinajstić information content (AvgIpc) is 2.74. The van der Waals surface area contributed by atoms with Gasteiger partial charge in [-0.15, -0.1) is 0 Å². The number of carbonyl (C=O) groups is 2. The Balaban J connectivity index is 1.50. The molecule has 2 aromatic rings. The van der Waals surface area contributed by atoms with Crippen LogP contribution in [0.3, 0.4) is 0 Å². The summed E-state index contributed by atoms with van der Waals surface area (Å²) in [4.78, 5) is 32.7. The molecule has 0 spiro atoms. The number of hydrogen-bond acceptors (Lipinski definition) is 6. The Morgan fingerprint density at radius 3 is 2.41 bits per heavy atom. The summed E-state index contributed by atoms with van der Waals surface area (Å²) < 4.78 is 27.0. The largest absolute Gasteiger partial charge is 0.350 e. The third kappa shape index (κ3) is 6.49. The molecule has 1 aliphatic rings. The molecule has 0 radical (unpaired) electrons. The van der Waals surface area contributed by atoms with Gasteiger partial charge in [-0.05, 0) is 50.8 Å². The molecule has 32 heavy (non-hydrogen) atoms.